The van der Waals surface area contributed by atoms with Gasteiger partial charge in [0, 0.05) is 17.7 Å². The second-order valence-electron chi connectivity index (χ2n) is 3.68. The van der Waals surface area contributed by atoms with Crippen LogP contribution in [0.2, 0.25) is 8.67 Å². The zero-order valence-corrected chi connectivity index (χ0v) is 11.7. The number of aromatic nitrogens is 2. The van der Waals surface area contributed by atoms with Crippen LogP contribution in [0.4, 0.5) is 0 Å². The van der Waals surface area contributed by atoms with E-state index >= 15 is 0 Å². The Balaban J connectivity index is 2.21. The van der Waals surface area contributed by atoms with Gasteiger partial charge in [-0.3, -0.25) is 5.10 Å². The number of nitrogens with zero attached hydrogens (tertiary/aromatic N) is 1. The van der Waals surface area contributed by atoms with E-state index in [9.17, 15) is 0 Å². The van der Waals surface area contributed by atoms with Gasteiger partial charge in [-0.1, -0.05) is 30.1 Å². The molecule has 0 aliphatic heterocycles. The zero-order chi connectivity index (χ0) is 12.3. The van der Waals surface area contributed by atoms with E-state index in [1.807, 2.05) is 12.3 Å². The molecule has 92 valence electrons. The Morgan fingerprint density at radius 2 is 2.29 bits per heavy atom. The van der Waals surface area contributed by atoms with Crippen molar-refractivity contribution in [3.63, 3.8) is 0 Å². The molecular formula is C11H13Cl2N3S. The van der Waals surface area contributed by atoms with Gasteiger partial charge in [-0.05, 0) is 19.0 Å². The number of nitrogens with one attached hydrogen (secondary N) is 2. The van der Waals surface area contributed by atoms with E-state index in [1.165, 1.54) is 11.3 Å². The molecule has 2 heterocycles. The molecule has 0 spiro atoms. The molecule has 0 aliphatic rings. The quantitative estimate of drug-likeness (QED) is 0.819. The Bertz CT molecular complexity index is 493. The zero-order valence-electron chi connectivity index (χ0n) is 9.39. The van der Waals surface area contributed by atoms with Crippen molar-refractivity contribution < 1.29 is 0 Å². The van der Waals surface area contributed by atoms with Gasteiger partial charge in [0.25, 0.3) is 0 Å². The molecule has 2 rings (SSSR count). The largest absolute Gasteiger partial charge is 0.313 e. The molecule has 0 bridgehead atoms. The molecule has 0 saturated carbocycles. The molecule has 6 heteroatoms. The molecule has 2 N–H and O–H groups in total. The van der Waals surface area contributed by atoms with Crippen molar-refractivity contribution in [1.82, 2.24) is 15.5 Å². The monoisotopic (exact) mass is 289 g/mol. The summed E-state index contributed by atoms with van der Waals surface area (Å²) in [5, 5.41) is 10.4. The molecule has 0 fully saturated rings. The van der Waals surface area contributed by atoms with Crippen LogP contribution < -0.4 is 5.32 Å². The maximum atomic E-state index is 6.14. The lowest BCUT2D eigenvalue weighted by molar-refractivity contribution is 0.676. The first kappa shape index (κ1) is 12.9. The number of thiophene rings is 1. The molecule has 0 saturated heterocycles. The van der Waals surface area contributed by atoms with Crippen molar-refractivity contribution in [1.29, 1.82) is 0 Å². The summed E-state index contributed by atoms with van der Waals surface area (Å²) in [5.41, 5.74) is 2.98. The minimum Gasteiger partial charge on any atom is -0.313 e. The predicted octanol–water partition coefficient (Wildman–Crippen LogP) is 3.94. The summed E-state index contributed by atoms with van der Waals surface area (Å²) in [6, 6.07) is 1.87. The maximum absolute atomic E-state index is 6.14. The fourth-order valence-corrected chi connectivity index (χ4v) is 3.07. The number of halogens is 2. The maximum Gasteiger partial charge on any atom is 0.104 e. The normalized spacial score (nSPS) is 11.0. The van der Waals surface area contributed by atoms with Crippen molar-refractivity contribution in [2.75, 3.05) is 6.54 Å². The van der Waals surface area contributed by atoms with Gasteiger partial charge in [-0.25, -0.2) is 0 Å². The Hall–Kier alpha value is -0.550. The van der Waals surface area contributed by atoms with Gasteiger partial charge in [0.1, 0.15) is 4.34 Å². The summed E-state index contributed by atoms with van der Waals surface area (Å²) in [5.74, 6) is 0. The molecule has 3 nitrogen and oxygen atoms in total. The third-order valence-corrected chi connectivity index (χ3v) is 3.87. The van der Waals surface area contributed by atoms with Crippen molar-refractivity contribution in [3.8, 4) is 11.3 Å². The van der Waals surface area contributed by atoms with E-state index in [4.69, 9.17) is 23.2 Å². The smallest absolute Gasteiger partial charge is 0.104 e. The number of hydrogen-bond acceptors (Lipinski definition) is 3. The van der Waals surface area contributed by atoms with Crippen LogP contribution in [0.3, 0.4) is 0 Å². The summed E-state index contributed by atoms with van der Waals surface area (Å²) >= 11 is 13.4. The Labute approximate surface area is 114 Å². The Morgan fingerprint density at radius 1 is 1.47 bits per heavy atom. The van der Waals surface area contributed by atoms with Crippen molar-refractivity contribution in [2.45, 2.75) is 19.9 Å². The summed E-state index contributed by atoms with van der Waals surface area (Å²) in [7, 11) is 0. The van der Waals surface area contributed by atoms with Crippen LogP contribution in [0, 0.1) is 0 Å². The van der Waals surface area contributed by atoms with Gasteiger partial charge in [0.2, 0.25) is 0 Å². The van der Waals surface area contributed by atoms with E-state index in [-0.39, 0.29) is 0 Å². The average Bonchev–Trinajstić information content (AvgIpc) is 2.85. The summed E-state index contributed by atoms with van der Waals surface area (Å²) in [6.45, 7) is 3.91. The van der Waals surface area contributed by atoms with Gasteiger partial charge in [-0.15, -0.1) is 11.3 Å². The van der Waals surface area contributed by atoms with Crippen LogP contribution in [0.25, 0.3) is 11.3 Å². The molecule has 0 atom stereocenters. The number of H-pyrrole nitrogens is 1. The van der Waals surface area contributed by atoms with Crippen LogP contribution in [-0.4, -0.2) is 16.7 Å². The lowest BCUT2D eigenvalue weighted by Gasteiger charge is -2.03. The minimum atomic E-state index is 0.687. The first-order valence-corrected chi connectivity index (χ1v) is 6.97. The third-order valence-electron chi connectivity index (χ3n) is 2.39. The topological polar surface area (TPSA) is 40.7 Å². The van der Waals surface area contributed by atoms with Crippen LogP contribution in [-0.2, 0) is 6.54 Å². The number of aromatic amines is 1. The molecule has 17 heavy (non-hydrogen) atoms. The van der Waals surface area contributed by atoms with Crippen molar-refractivity contribution in [2.24, 2.45) is 0 Å². The van der Waals surface area contributed by atoms with E-state index in [0.29, 0.717) is 8.67 Å². The van der Waals surface area contributed by atoms with Crippen LogP contribution in [0.5, 0.6) is 0 Å². The lowest BCUT2D eigenvalue weighted by atomic mass is 10.1. The fourth-order valence-electron chi connectivity index (χ4n) is 1.59. The second-order valence-corrected chi connectivity index (χ2v) is 5.97. The summed E-state index contributed by atoms with van der Waals surface area (Å²) in [4.78, 5) is 0. The van der Waals surface area contributed by atoms with Crippen molar-refractivity contribution in [3.05, 3.63) is 26.5 Å². The van der Waals surface area contributed by atoms with E-state index < -0.39 is 0 Å². The van der Waals surface area contributed by atoms with Crippen LogP contribution in [0.1, 0.15) is 18.9 Å². The highest BCUT2D eigenvalue weighted by Gasteiger charge is 2.13. The minimum absolute atomic E-state index is 0.687. The average molecular weight is 290 g/mol. The summed E-state index contributed by atoms with van der Waals surface area (Å²) in [6.07, 6.45) is 2.93. The molecule has 2 aromatic rings. The molecule has 0 amide bonds. The highest BCUT2D eigenvalue weighted by atomic mass is 35.5. The standard InChI is InChI=1S/C11H13Cl2N3S/c1-2-3-14-5-7-6-15-16-10(7)8-4-9(12)17-11(8)13/h4,6,14H,2-3,5H2,1H3,(H,15,16). The first-order chi connectivity index (χ1) is 8.22. The van der Waals surface area contributed by atoms with Gasteiger partial charge >= 0.3 is 0 Å². The van der Waals surface area contributed by atoms with Gasteiger partial charge in [0.15, 0.2) is 0 Å². The van der Waals surface area contributed by atoms with Gasteiger partial charge in [-0.2, -0.15) is 5.10 Å². The highest BCUT2D eigenvalue weighted by molar-refractivity contribution is 7.20. The molecule has 0 aliphatic carbocycles. The molecular weight excluding hydrogens is 277 g/mol. The highest BCUT2D eigenvalue weighted by Crippen LogP contribution is 2.38. The fraction of sp³-hybridized carbons (Fsp3) is 0.364. The van der Waals surface area contributed by atoms with Crippen LogP contribution >= 0.6 is 34.5 Å². The first-order valence-electron chi connectivity index (χ1n) is 5.40. The van der Waals surface area contributed by atoms with E-state index in [1.54, 1.807) is 0 Å². The lowest BCUT2D eigenvalue weighted by Crippen LogP contribution is -2.13. The third kappa shape index (κ3) is 3.01. The van der Waals surface area contributed by atoms with Gasteiger partial charge < -0.3 is 5.32 Å². The Morgan fingerprint density at radius 3 is 2.94 bits per heavy atom. The van der Waals surface area contributed by atoms with E-state index in [0.717, 1.165) is 36.3 Å². The number of hydrogen-bond donors (Lipinski definition) is 2. The molecule has 0 aromatic carbocycles. The number of rotatable bonds is 5. The molecule has 2 aromatic heterocycles. The van der Waals surface area contributed by atoms with Crippen LogP contribution in [0.15, 0.2) is 12.3 Å². The summed E-state index contributed by atoms with van der Waals surface area (Å²) < 4.78 is 1.38. The Kier molecular flexibility index (Phi) is 4.45. The van der Waals surface area contributed by atoms with Gasteiger partial charge in [0.05, 0.1) is 16.2 Å². The molecule has 0 radical (unpaired) electrons. The van der Waals surface area contributed by atoms with E-state index in [2.05, 4.69) is 22.4 Å². The van der Waals surface area contributed by atoms with Crippen molar-refractivity contribution >= 4 is 34.5 Å². The SMILES string of the molecule is CCCNCc1cn[nH]c1-c1cc(Cl)sc1Cl. The molecule has 0 unspecified atom stereocenters. The predicted molar refractivity (Wildman–Crippen MR) is 73.9 cm³/mol. The second kappa shape index (κ2) is 5.87.